The van der Waals surface area contributed by atoms with Crippen molar-refractivity contribution in [1.82, 2.24) is 14.5 Å². The molecule has 1 aromatic carbocycles. The lowest BCUT2D eigenvalue weighted by molar-refractivity contribution is 0.505. The van der Waals surface area contributed by atoms with Gasteiger partial charge >= 0.3 is 0 Å². The van der Waals surface area contributed by atoms with Crippen molar-refractivity contribution in [1.29, 1.82) is 0 Å². The molecule has 3 N–H and O–H groups in total. The van der Waals surface area contributed by atoms with Gasteiger partial charge in [-0.15, -0.1) is 0 Å². The van der Waals surface area contributed by atoms with Gasteiger partial charge < -0.3 is 5.73 Å². The molecule has 0 spiro atoms. The Morgan fingerprint density at radius 1 is 1.25 bits per heavy atom. The van der Waals surface area contributed by atoms with Crippen molar-refractivity contribution in [3.05, 3.63) is 46.6 Å². The second kappa shape index (κ2) is 5.68. The van der Waals surface area contributed by atoms with Crippen LogP contribution in [0.15, 0.2) is 29.3 Å². The summed E-state index contributed by atoms with van der Waals surface area (Å²) < 4.78 is 30.4. The predicted molar refractivity (Wildman–Crippen MR) is 91.0 cm³/mol. The van der Waals surface area contributed by atoms with Gasteiger partial charge in [-0.05, 0) is 43.2 Å². The number of nitrogens with two attached hydrogens (primary N) is 1. The maximum Gasteiger partial charge on any atom is 0.258 e. The summed E-state index contributed by atoms with van der Waals surface area (Å²) in [5.74, 6) is 0. The Morgan fingerprint density at radius 2 is 2.00 bits per heavy atom. The number of nitrogens with one attached hydrogen (secondary N) is 1. The van der Waals surface area contributed by atoms with Crippen LogP contribution in [-0.2, 0) is 36.3 Å². The van der Waals surface area contributed by atoms with E-state index in [4.69, 9.17) is 5.73 Å². The minimum Gasteiger partial charge on any atom is -0.323 e. The molecule has 2 aromatic rings. The Balaban J connectivity index is 1.65. The molecule has 2 aliphatic rings. The second-order valence-electron chi connectivity index (χ2n) is 6.72. The first-order valence-electron chi connectivity index (χ1n) is 8.38. The molecule has 0 fully saturated rings. The molecule has 128 valence electrons. The number of hydrogen-bond donors (Lipinski definition) is 2. The lowest BCUT2D eigenvalue weighted by atomic mass is 9.99. The molecule has 6 nitrogen and oxygen atoms in total. The van der Waals surface area contributed by atoms with Crippen LogP contribution in [0, 0.1) is 0 Å². The van der Waals surface area contributed by atoms with Crippen molar-refractivity contribution in [3.8, 4) is 0 Å². The zero-order valence-corrected chi connectivity index (χ0v) is 14.5. The largest absolute Gasteiger partial charge is 0.323 e. The van der Waals surface area contributed by atoms with E-state index in [0.29, 0.717) is 11.4 Å². The number of rotatable bonds is 3. The first-order valence-corrected chi connectivity index (χ1v) is 9.86. The van der Waals surface area contributed by atoms with Gasteiger partial charge in [-0.3, -0.25) is 4.68 Å². The fourth-order valence-corrected chi connectivity index (χ4v) is 5.66. The third-order valence-electron chi connectivity index (χ3n) is 5.11. The van der Waals surface area contributed by atoms with Crippen LogP contribution in [0.3, 0.4) is 0 Å². The van der Waals surface area contributed by atoms with E-state index in [0.717, 1.165) is 48.1 Å². The number of fused-ring (bicyclic) bond motifs is 2. The average molecular weight is 346 g/mol. The molecular formula is C17H22N4O2S. The Morgan fingerprint density at radius 3 is 2.79 bits per heavy atom. The molecular weight excluding hydrogens is 324 g/mol. The molecule has 0 bridgehead atoms. The standard InChI is InChI=1S/C17H22N4O2S/c1-21-17(13-8-4-5-9-14(13)19-21)24(22,23)20-15-10-11-6-2-3-7-12(11)16(15)18/h2-3,6-7,15-16,20H,4-5,8-10,18H2,1H3/t15-,16-/m1/s1. The van der Waals surface area contributed by atoms with Crippen LogP contribution in [0.5, 0.6) is 0 Å². The second-order valence-corrected chi connectivity index (χ2v) is 8.35. The van der Waals surface area contributed by atoms with Gasteiger partial charge in [0.05, 0.1) is 5.69 Å². The summed E-state index contributed by atoms with van der Waals surface area (Å²) in [7, 11) is -1.95. The minimum absolute atomic E-state index is 0.306. The fourth-order valence-electron chi connectivity index (χ4n) is 3.98. The van der Waals surface area contributed by atoms with Gasteiger partial charge in [-0.2, -0.15) is 5.10 Å². The molecule has 2 atom stereocenters. The summed E-state index contributed by atoms with van der Waals surface area (Å²) in [5.41, 5.74) is 10.2. The summed E-state index contributed by atoms with van der Waals surface area (Å²) in [6.45, 7) is 0. The maximum atomic E-state index is 13.0. The number of sulfonamides is 1. The fraction of sp³-hybridized carbons (Fsp3) is 0.471. The molecule has 7 heteroatoms. The zero-order valence-electron chi connectivity index (χ0n) is 13.7. The summed E-state index contributed by atoms with van der Waals surface area (Å²) in [4.78, 5) is 0. The van der Waals surface area contributed by atoms with E-state index in [9.17, 15) is 8.42 Å². The zero-order chi connectivity index (χ0) is 16.9. The molecule has 0 aliphatic heterocycles. The summed E-state index contributed by atoms with van der Waals surface area (Å²) >= 11 is 0. The van der Waals surface area contributed by atoms with E-state index in [1.165, 1.54) is 4.68 Å². The highest BCUT2D eigenvalue weighted by Gasteiger charge is 2.35. The van der Waals surface area contributed by atoms with E-state index in [2.05, 4.69) is 9.82 Å². The smallest absolute Gasteiger partial charge is 0.258 e. The van der Waals surface area contributed by atoms with Crippen molar-refractivity contribution in [2.45, 2.75) is 49.2 Å². The van der Waals surface area contributed by atoms with Crippen LogP contribution in [0.2, 0.25) is 0 Å². The molecule has 0 unspecified atom stereocenters. The molecule has 0 saturated carbocycles. The van der Waals surface area contributed by atoms with Crippen LogP contribution >= 0.6 is 0 Å². The van der Waals surface area contributed by atoms with Gasteiger partial charge in [0, 0.05) is 24.7 Å². The quantitative estimate of drug-likeness (QED) is 0.874. The van der Waals surface area contributed by atoms with Crippen molar-refractivity contribution < 1.29 is 8.42 Å². The van der Waals surface area contributed by atoms with E-state index in [-0.39, 0.29) is 12.1 Å². The van der Waals surface area contributed by atoms with Crippen LogP contribution in [0.1, 0.15) is 41.3 Å². The van der Waals surface area contributed by atoms with E-state index < -0.39 is 10.0 Å². The van der Waals surface area contributed by atoms with Crippen LogP contribution in [0.25, 0.3) is 0 Å². The van der Waals surface area contributed by atoms with E-state index in [1.807, 2.05) is 24.3 Å². The van der Waals surface area contributed by atoms with Gasteiger partial charge in [0.1, 0.15) is 0 Å². The number of hydrogen-bond acceptors (Lipinski definition) is 4. The molecule has 0 radical (unpaired) electrons. The third-order valence-corrected chi connectivity index (χ3v) is 6.74. The minimum atomic E-state index is -3.65. The highest BCUT2D eigenvalue weighted by molar-refractivity contribution is 7.89. The summed E-state index contributed by atoms with van der Waals surface area (Å²) in [6, 6.07) is 7.24. The van der Waals surface area contributed by atoms with Gasteiger partial charge in [0.25, 0.3) is 10.0 Å². The highest BCUT2D eigenvalue weighted by atomic mass is 32.2. The first-order chi connectivity index (χ1) is 11.5. The Hall–Kier alpha value is -1.70. The lowest BCUT2D eigenvalue weighted by Gasteiger charge is -2.19. The predicted octanol–water partition coefficient (Wildman–Crippen LogP) is 1.20. The summed E-state index contributed by atoms with van der Waals surface area (Å²) in [5, 5.41) is 4.72. The Bertz CT molecular complexity index is 888. The number of nitrogens with zero attached hydrogens (tertiary/aromatic N) is 2. The normalized spacial score (nSPS) is 23.1. The maximum absolute atomic E-state index is 13.0. The number of aryl methyl sites for hydroxylation is 2. The third kappa shape index (κ3) is 2.47. The molecule has 0 saturated heterocycles. The molecule has 1 heterocycles. The van der Waals surface area contributed by atoms with Gasteiger partial charge in [0.15, 0.2) is 5.03 Å². The number of benzene rings is 1. The lowest BCUT2D eigenvalue weighted by Crippen LogP contribution is -2.41. The molecule has 0 amide bonds. The monoisotopic (exact) mass is 346 g/mol. The Labute approximate surface area is 142 Å². The Kier molecular flexibility index (Phi) is 3.74. The topological polar surface area (TPSA) is 90.0 Å². The van der Waals surface area contributed by atoms with E-state index >= 15 is 0 Å². The molecule has 1 aromatic heterocycles. The molecule has 2 aliphatic carbocycles. The van der Waals surface area contributed by atoms with Crippen molar-refractivity contribution >= 4 is 10.0 Å². The SMILES string of the molecule is Cn1nc2c(c1S(=O)(=O)N[C@@H]1Cc3ccccc3[C@H]1N)CCCC2. The highest BCUT2D eigenvalue weighted by Crippen LogP contribution is 2.32. The van der Waals surface area contributed by atoms with Crippen LogP contribution in [-0.4, -0.2) is 24.2 Å². The van der Waals surface area contributed by atoms with Crippen LogP contribution < -0.4 is 10.5 Å². The van der Waals surface area contributed by atoms with Gasteiger partial charge in [0.2, 0.25) is 0 Å². The average Bonchev–Trinajstić information content (AvgIpc) is 3.04. The van der Waals surface area contributed by atoms with Crippen LogP contribution in [0.4, 0.5) is 0 Å². The molecule has 24 heavy (non-hydrogen) atoms. The molecule has 4 rings (SSSR count). The first kappa shape index (κ1) is 15.8. The van der Waals surface area contributed by atoms with Crippen molar-refractivity contribution in [3.63, 3.8) is 0 Å². The van der Waals surface area contributed by atoms with Crippen molar-refractivity contribution in [2.75, 3.05) is 0 Å². The number of aromatic nitrogens is 2. The van der Waals surface area contributed by atoms with Gasteiger partial charge in [-0.25, -0.2) is 13.1 Å². The van der Waals surface area contributed by atoms with Crippen molar-refractivity contribution in [2.24, 2.45) is 12.8 Å². The van der Waals surface area contributed by atoms with E-state index in [1.54, 1.807) is 7.05 Å². The van der Waals surface area contributed by atoms with Gasteiger partial charge in [-0.1, -0.05) is 24.3 Å². The summed E-state index contributed by atoms with van der Waals surface area (Å²) in [6.07, 6.45) is 4.33.